The Morgan fingerprint density at radius 3 is 1.11 bits per heavy atom. The molecule has 4 aliphatic heterocycles. The summed E-state index contributed by atoms with van der Waals surface area (Å²) in [6, 6.07) is 12.8. The van der Waals surface area contributed by atoms with Gasteiger partial charge in [-0.2, -0.15) is 13.2 Å². The molecule has 7 aromatic rings. The molecule has 0 saturated heterocycles. The van der Waals surface area contributed by atoms with Crippen LogP contribution in [0.15, 0.2) is 67.3 Å². The number of fused-ring (bicyclic) bond motifs is 4. The largest absolute Gasteiger partial charge is 0.492 e. The first-order valence-electron chi connectivity index (χ1n) is 46.0. The fourth-order valence-electron chi connectivity index (χ4n) is 14.2. The number of aromatic nitrogens is 7. The van der Waals surface area contributed by atoms with E-state index in [1.807, 2.05) is 117 Å². The Labute approximate surface area is 927 Å². The van der Waals surface area contributed by atoms with Crippen LogP contribution in [-0.2, 0) is 65.2 Å². The van der Waals surface area contributed by atoms with Crippen LogP contribution < -0.4 is 40.9 Å². The zero-order chi connectivity index (χ0) is 114. The van der Waals surface area contributed by atoms with Crippen LogP contribution in [0.25, 0.3) is 5.76 Å². The Morgan fingerprint density at radius 1 is 0.439 bits per heavy atom. The molecule has 4 aliphatic rings. The number of Topliss-reactive ketones (excluding diaryl/α,β-unsaturated/α-hetero) is 1. The maximum Gasteiger partial charge on any atom is 0.424 e. The fraction of sp³-hybridized carbons (Fsp3) is 0.535. The number of amides is 7. The minimum absolute atomic E-state index is 0.123. The topological polar surface area (TPSA) is 387 Å². The van der Waals surface area contributed by atoms with Crippen LogP contribution in [0.4, 0.5) is 86.5 Å². The first-order chi connectivity index (χ1) is 66.9. The molecule has 11 rings (SSSR count). The maximum absolute atomic E-state index is 13.4. The third-order valence-electron chi connectivity index (χ3n) is 20.3. The lowest BCUT2D eigenvalue weighted by Crippen LogP contribution is -2.49. The Kier molecular flexibility index (Phi) is 43.8. The quantitative estimate of drug-likeness (QED) is 0.0220. The standard InChI is InChI=1S/C18H25ClN2O3.C17H23ClF3N3O3.C16H20BrClN2O3.C15H20Cl2N2O2.C14H18Cl2N2O2.C11H14Cl2N2O2.C10H12Cl2N2O2/c1-8-23-11(2)13-9-12-14(15(19)20-13)21(10-18(12,6)7)16(22)24-17(3,4)5;1-14(2,3)27-13(25)24-8-15(4,5)9-6-10(23-12(18)11(9)24)16(26,7-22)17(19,20)21;1-15(2,3)23-14(22)20-8-16(4,5)9-6-10(11(21)7-17)19-13(18)12(9)20;1-9(2)8-19(14(20)21-15(4,5)6)12-10(3)7-11(16)18-13(12)17;1-13(2,3)20-12(19)18-7-14(4,5)8-6-9(15)17-11(16)10(8)18;1-6-5-7(12)14-9(13)8(6)15-10(16)17-11(2,3)4;1-10(2,3)16-9(15)13-6-4-5-7(11)14-8(6)12/h9H,2,8,10H2,1,3-7H3;6,26H,7-8,22H2,1-5H3;6H,7-8H2,1-5H3;7H,1,8H2,2-6H3;6H,7H2,1-5H3;5H,1-4H3,(H,15,16);4-5H,1-3H3,(H,13,15). The van der Waals surface area contributed by atoms with Crippen molar-refractivity contribution in [1.82, 2.24) is 34.9 Å². The van der Waals surface area contributed by atoms with Crippen LogP contribution >= 0.6 is 144 Å². The summed E-state index contributed by atoms with van der Waals surface area (Å²) < 4.78 is 82.8. The molecule has 0 bridgehead atoms. The third-order valence-corrected chi connectivity index (χ3v) is 23.5. The van der Waals surface area contributed by atoms with E-state index < -0.39 is 111 Å². The smallest absolute Gasteiger partial charge is 0.424 e. The molecule has 1 unspecified atom stereocenters. The number of ketones is 1. The second kappa shape index (κ2) is 50.0. The monoisotopic (exact) mass is 2350 g/mol. The van der Waals surface area contributed by atoms with Crippen molar-refractivity contribution in [2.24, 2.45) is 5.73 Å². The third kappa shape index (κ3) is 37.1. The number of pyridine rings is 7. The van der Waals surface area contributed by atoms with Crippen molar-refractivity contribution < 1.29 is 94.5 Å². The van der Waals surface area contributed by atoms with Crippen molar-refractivity contribution >= 4 is 238 Å². The first-order valence-corrected chi connectivity index (χ1v) is 51.3. The molecule has 0 radical (unpaired) electrons. The normalized spacial score (nSPS) is 14.9. The van der Waals surface area contributed by atoms with E-state index in [9.17, 15) is 56.6 Å². The van der Waals surface area contributed by atoms with E-state index in [4.69, 9.17) is 171 Å². The average Bonchev–Trinajstić information content (AvgIpc) is 1.61. The minimum atomic E-state index is -5.04. The number of ether oxygens (including phenoxy) is 8. The van der Waals surface area contributed by atoms with Gasteiger partial charge in [-0.15, -0.1) is 0 Å². The Bertz CT molecular complexity index is 6070. The highest BCUT2D eigenvalue weighted by Crippen LogP contribution is 2.52. The van der Waals surface area contributed by atoms with E-state index in [0.717, 1.165) is 39.5 Å². The second-order valence-corrected chi connectivity index (χ2v) is 48.7. The predicted molar refractivity (Wildman–Crippen MR) is 587 cm³/mol. The van der Waals surface area contributed by atoms with Crippen molar-refractivity contribution in [2.45, 2.75) is 301 Å². The van der Waals surface area contributed by atoms with Crippen molar-refractivity contribution in [3.05, 3.63) is 174 Å². The number of aryl methyl sites for hydroxylation is 2. The zero-order valence-electron chi connectivity index (χ0n) is 89.3. The Balaban J connectivity index is 0.000000305. The molecule has 0 saturated carbocycles. The van der Waals surface area contributed by atoms with Gasteiger partial charge in [-0.1, -0.05) is 218 Å². The number of carbonyl (C=O) groups excluding carboxylic acids is 8. The molecule has 47 heteroatoms. The van der Waals surface area contributed by atoms with Crippen molar-refractivity contribution in [1.29, 1.82) is 0 Å². The highest BCUT2D eigenvalue weighted by molar-refractivity contribution is 9.09. The molecule has 818 valence electrons. The highest BCUT2D eigenvalue weighted by Gasteiger charge is 2.57. The van der Waals surface area contributed by atoms with Gasteiger partial charge in [0.1, 0.15) is 77.0 Å². The molecule has 5 N–H and O–H groups in total. The van der Waals surface area contributed by atoms with Gasteiger partial charge in [0.05, 0.1) is 57.4 Å². The van der Waals surface area contributed by atoms with Crippen molar-refractivity contribution in [3.63, 3.8) is 0 Å². The van der Waals surface area contributed by atoms with Crippen molar-refractivity contribution in [2.75, 3.05) is 86.3 Å². The number of aliphatic hydroxyl groups is 1. The van der Waals surface area contributed by atoms with Gasteiger partial charge in [-0.05, 0) is 255 Å². The van der Waals surface area contributed by atoms with Crippen molar-refractivity contribution in [3.8, 4) is 0 Å². The number of nitrogens with one attached hydrogen (secondary N) is 2. The summed E-state index contributed by atoms with van der Waals surface area (Å²) in [5.74, 6) is 0.315. The molecule has 148 heavy (non-hydrogen) atoms. The Hall–Kier alpha value is -8.73. The van der Waals surface area contributed by atoms with Crippen LogP contribution in [0.2, 0.25) is 56.7 Å². The second-order valence-electron chi connectivity index (χ2n) is 44.1. The summed E-state index contributed by atoms with van der Waals surface area (Å²) in [6.45, 7) is 69.4. The van der Waals surface area contributed by atoms with Crippen LogP contribution in [-0.4, -0.2) is 185 Å². The van der Waals surface area contributed by atoms with Gasteiger partial charge in [0, 0.05) is 60.9 Å². The van der Waals surface area contributed by atoms with Crippen LogP contribution in [0.5, 0.6) is 0 Å². The molecular formula is C101H132BrCl11F3N15O17. The number of alkyl halides is 4. The zero-order valence-corrected chi connectivity index (χ0v) is 99.2. The van der Waals surface area contributed by atoms with E-state index >= 15 is 0 Å². The number of hydrogen-bond donors (Lipinski definition) is 4. The molecular weight excluding hydrogens is 2220 g/mol. The van der Waals surface area contributed by atoms with E-state index in [2.05, 4.69) is 88.5 Å². The lowest BCUT2D eigenvalue weighted by Gasteiger charge is -2.30. The van der Waals surface area contributed by atoms with E-state index in [0.29, 0.717) is 94.8 Å². The summed E-state index contributed by atoms with van der Waals surface area (Å²) in [4.78, 5) is 132. The molecule has 0 aromatic carbocycles. The van der Waals surface area contributed by atoms with E-state index in [1.54, 1.807) is 139 Å². The van der Waals surface area contributed by atoms with Gasteiger partial charge in [-0.25, -0.2) is 68.4 Å². The fourth-order valence-corrected chi connectivity index (χ4v) is 17.5. The van der Waals surface area contributed by atoms with E-state index in [1.165, 1.54) is 25.7 Å². The minimum Gasteiger partial charge on any atom is -0.492 e. The average molecular weight is 2360 g/mol. The van der Waals surface area contributed by atoms with Gasteiger partial charge in [-0.3, -0.25) is 39.9 Å². The lowest BCUT2D eigenvalue weighted by molar-refractivity contribution is -0.263. The molecule has 0 spiro atoms. The number of nitrogens with zero attached hydrogens (tertiary/aromatic N) is 12. The summed E-state index contributed by atoms with van der Waals surface area (Å²) in [6.07, 6.45) is -8.70. The molecule has 0 aliphatic carbocycles. The van der Waals surface area contributed by atoms with Crippen LogP contribution in [0.1, 0.15) is 270 Å². The number of halogens is 15. The Morgan fingerprint density at radius 2 is 0.764 bits per heavy atom. The molecule has 1 atom stereocenters. The highest BCUT2D eigenvalue weighted by atomic mass is 79.9. The lowest BCUT2D eigenvalue weighted by atomic mass is 9.85. The van der Waals surface area contributed by atoms with Crippen LogP contribution in [0.3, 0.4) is 0 Å². The van der Waals surface area contributed by atoms with Gasteiger partial charge in [0.25, 0.3) is 0 Å². The molecule has 32 nitrogen and oxygen atoms in total. The van der Waals surface area contributed by atoms with E-state index in [-0.39, 0.29) is 91.1 Å². The number of hydrogen-bond acceptors (Lipinski definition) is 25. The molecule has 7 aromatic heterocycles. The summed E-state index contributed by atoms with van der Waals surface area (Å²) in [5.41, 5.74) is 4.60. The van der Waals surface area contributed by atoms with Gasteiger partial charge < -0.3 is 48.7 Å². The summed E-state index contributed by atoms with van der Waals surface area (Å²) >= 11 is 69.1. The number of carbonyl (C=O) groups is 8. The van der Waals surface area contributed by atoms with Gasteiger partial charge in [0.15, 0.2) is 41.9 Å². The summed E-state index contributed by atoms with van der Waals surface area (Å²) in [7, 11) is 0. The maximum atomic E-state index is 13.4. The molecule has 11 heterocycles. The molecule has 7 amide bonds. The van der Waals surface area contributed by atoms with Crippen LogP contribution in [0, 0.1) is 13.8 Å². The SMILES string of the molecule is C=C(C)CN(C(=O)OC(C)(C)C)c1c(C)cc(Cl)nc1Cl.C=C(OCC)c1cc2c(c(Cl)n1)N(C(=O)OC(C)(C)C)CC2(C)C.CC(C)(C)OC(=O)N1CC(C)(C)c2cc(C(=O)CBr)nc(Cl)c21.CC(C)(C)OC(=O)N1CC(C)(C)c2cc(C(O)(CN)C(F)(F)F)nc(Cl)c21.CC(C)(C)OC(=O)N1CC(C)(C)c2cc(Cl)nc(Cl)c21.CC(C)(C)OC(=O)Nc1ccc(Cl)nc1Cl.Cc1cc(Cl)nc(Cl)c1NC(=O)OC(C)(C)C. The molecule has 0 fully saturated rings. The number of nitrogens with two attached hydrogens (primary N) is 1. The first kappa shape index (κ1) is 130. The predicted octanol–water partition coefficient (Wildman–Crippen LogP) is 29.8. The van der Waals surface area contributed by atoms with Gasteiger partial charge >= 0.3 is 48.8 Å². The number of anilines is 7. The van der Waals surface area contributed by atoms with Gasteiger partial charge in [0.2, 0.25) is 5.60 Å². The number of rotatable bonds is 12. The summed E-state index contributed by atoms with van der Waals surface area (Å²) in [5, 5.41) is 17.2.